The minimum atomic E-state index is -0.296. The van der Waals surface area contributed by atoms with Gasteiger partial charge in [0.2, 0.25) is 0 Å². The molecule has 3 heterocycles. The van der Waals surface area contributed by atoms with Crippen LogP contribution in [0.5, 0.6) is 0 Å². The molecular formula is C16H11N3O2S. The van der Waals surface area contributed by atoms with Gasteiger partial charge < -0.3 is 9.73 Å². The third-order valence-electron chi connectivity index (χ3n) is 3.29. The number of benzene rings is 1. The maximum absolute atomic E-state index is 12.3. The van der Waals surface area contributed by atoms with Crippen molar-refractivity contribution in [2.45, 2.75) is 0 Å². The Balaban J connectivity index is 1.81. The van der Waals surface area contributed by atoms with E-state index < -0.39 is 0 Å². The van der Waals surface area contributed by atoms with Crippen LogP contribution in [0.25, 0.3) is 16.2 Å². The number of fused-ring (bicyclic) bond motifs is 1. The number of hydrogen-bond acceptors (Lipinski definition) is 4. The van der Waals surface area contributed by atoms with Gasteiger partial charge in [-0.2, -0.15) is 0 Å². The number of imidazole rings is 1. The molecule has 22 heavy (non-hydrogen) atoms. The maximum atomic E-state index is 12.3. The summed E-state index contributed by atoms with van der Waals surface area (Å²) in [5, 5.41) is 4.83. The first-order chi connectivity index (χ1) is 10.8. The van der Waals surface area contributed by atoms with Gasteiger partial charge in [0, 0.05) is 17.1 Å². The van der Waals surface area contributed by atoms with Crippen molar-refractivity contribution in [3.05, 3.63) is 66.1 Å². The SMILES string of the molecule is O=C(Nc1c(-c2ccccc2)nc2sccn12)c1ccco1. The maximum Gasteiger partial charge on any atom is 0.292 e. The minimum Gasteiger partial charge on any atom is -0.459 e. The largest absolute Gasteiger partial charge is 0.459 e. The quantitative estimate of drug-likeness (QED) is 0.624. The Morgan fingerprint density at radius 2 is 2.05 bits per heavy atom. The third kappa shape index (κ3) is 2.10. The zero-order valence-corrected chi connectivity index (χ0v) is 12.2. The summed E-state index contributed by atoms with van der Waals surface area (Å²) >= 11 is 1.52. The Labute approximate surface area is 129 Å². The molecule has 0 atom stereocenters. The van der Waals surface area contributed by atoms with Gasteiger partial charge in [-0.15, -0.1) is 11.3 Å². The van der Waals surface area contributed by atoms with E-state index in [2.05, 4.69) is 10.3 Å². The zero-order valence-electron chi connectivity index (χ0n) is 11.4. The van der Waals surface area contributed by atoms with E-state index in [0.29, 0.717) is 5.82 Å². The molecule has 3 aromatic heterocycles. The van der Waals surface area contributed by atoms with Gasteiger partial charge in [0.15, 0.2) is 10.7 Å². The van der Waals surface area contributed by atoms with Crippen molar-refractivity contribution in [1.29, 1.82) is 0 Å². The highest BCUT2D eigenvalue weighted by atomic mass is 32.1. The highest BCUT2D eigenvalue weighted by Crippen LogP contribution is 2.30. The van der Waals surface area contributed by atoms with Gasteiger partial charge in [-0.25, -0.2) is 4.98 Å². The molecule has 1 aromatic carbocycles. The molecule has 0 bridgehead atoms. The number of nitrogens with zero attached hydrogens (tertiary/aromatic N) is 2. The summed E-state index contributed by atoms with van der Waals surface area (Å²) in [6.07, 6.45) is 3.36. The van der Waals surface area contributed by atoms with Crippen LogP contribution < -0.4 is 5.32 Å². The van der Waals surface area contributed by atoms with Crippen LogP contribution in [-0.4, -0.2) is 15.3 Å². The standard InChI is InChI=1S/C16H11N3O2S/c20-15(12-7-4-9-21-12)18-14-13(11-5-2-1-3-6-11)17-16-19(14)8-10-22-16/h1-10H,(H,18,20). The van der Waals surface area contributed by atoms with Gasteiger partial charge in [-0.1, -0.05) is 30.3 Å². The van der Waals surface area contributed by atoms with Crippen LogP contribution in [0.15, 0.2) is 64.7 Å². The molecular weight excluding hydrogens is 298 g/mol. The third-order valence-corrected chi connectivity index (χ3v) is 4.04. The number of hydrogen-bond donors (Lipinski definition) is 1. The van der Waals surface area contributed by atoms with Gasteiger partial charge in [0.05, 0.1) is 6.26 Å². The van der Waals surface area contributed by atoms with Crippen LogP contribution in [-0.2, 0) is 0 Å². The Morgan fingerprint density at radius 1 is 1.18 bits per heavy atom. The summed E-state index contributed by atoms with van der Waals surface area (Å²) in [7, 11) is 0. The number of carbonyl (C=O) groups is 1. The van der Waals surface area contributed by atoms with Crippen molar-refractivity contribution in [2.75, 3.05) is 5.32 Å². The number of aromatic nitrogens is 2. The van der Waals surface area contributed by atoms with Crippen LogP contribution in [0.4, 0.5) is 5.82 Å². The van der Waals surface area contributed by atoms with Crippen LogP contribution in [0.1, 0.15) is 10.6 Å². The van der Waals surface area contributed by atoms with Gasteiger partial charge >= 0.3 is 0 Å². The fraction of sp³-hybridized carbons (Fsp3) is 0. The molecule has 0 spiro atoms. The average molecular weight is 309 g/mol. The summed E-state index contributed by atoms with van der Waals surface area (Å²) in [4.78, 5) is 17.7. The Bertz CT molecular complexity index is 923. The predicted octanol–water partition coefficient (Wildman–Crippen LogP) is 3.91. The number of thiazole rings is 1. The lowest BCUT2D eigenvalue weighted by atomic mass is 10.1. The van der Waals surface area contributed by atoms with E-state index in [4.69, 9.17) is 4.42 Å². The molecule has 5 nitrogen and oxygen atoms in total. The lowest BCUT2D eigenvalue weighted by Crippen LogP contribution is -2.13. The summed E-state index contributed by atoms with van der Waals surface area (Å²) < 4.78 is 7.01. The van der Waals surface area contributed by atoms with Crippen molar-refractivity contribution in [3.8, 4) is 11.3 Å². The number of rotatable bonds is 3. The molecule has 0 saturated carbocycles. The molecule has 1 amide bonds. The second kappa shape index (κ2) is 5.16. The predicted molar refractivity (Wildman–Crippen MR) is 85.2 cm³/mol. The van der Waals surface area contributed by atoms with E-state index in [1.165, 1.54) is 17.6 Å². The summed E-state index contributed by atoms with van der Waals surface area (Å²) in [5.74, 6) is 0.614. The minimum absolute atomic E-state index is 0.268. The Hall–Kier alpha value is -2.86. The first-order valence-electron chi connectivity index (χ1n) is 6.69. The average Bonchev–Trinajstić information content (AvgIpc) is 3.26. The summed E-state index contributed by atoms with van der Waals surface area (Å²) in [6, 6.07) is 13.1. The van der Waals surface area contributed by atoms with Crippen molar-refractivity contribution in [3.63, 3.8) is 0 Å². The van der Waals surface area contributed by atoms with Crippen LogP contribution >= 0.6 is 11.3 Å². The second-order valence-electron chi connectivity index (χ2n) is 4.66. The monoisotopic (exact) mass is 309 g/mol. The molecule has 0 aliphatic heterocycles. The molecule has 4 aromatic rings. The normalized spacial score (nSPS) is 10.9. The number of anilines is 1. The smallest absolute Gasteiger partial charge is 0.292 e. The van der Waals surface area contributed by atoms with E-state index in [-0.39, 0.29) is 11.7 Å². The fourth-order valence-corrected chi connectivity index (χ4v) is 2.99. The molecule has 108 valence electrons. The van der Waals surface area contributed by atoms with Crippen molar-refractivity contribution < 1.29 is 9.21 Å². The van der Waals surface area contributed by atoms with E-state index in [1.807, 2.05) is 46.3 Å². The Morgan fingerprint density at radius 3 is 2.82 bits per heavy atom. The lowest BCUT2D eigenvalue weighted by Gasteiger charge is -2.05. The molecule has 4 rings (SSSR count). The van der Waals surface area contributed by atoms with Crippen LogP contribution in [0.2, 0.25) is 0 Å². The highest BCUT2D eigenvalue weighted by molar-refractivity contribution is 7.15. The molecule has 0 aliphatic rings. The first-order valence-corrected chi connectivity index (χ1v) is 7.57. The van der Waals surface area contributed by atoms with Crippen LogP contribution in [0.3, 0.4) is 0 Å². The number of furan rings is 1. The molecule has 0 aliphatic carbocycles. The first kappa shape index (κ1) is 12.8. The van der Waals surface area contributed by atoms with Crippen molar-refractivity contribution in [2.24, 2.45) is 0 Å². The molecule has 0 radical (unpaired) electrons. The van der Waals surface area contributed by atoms with Gasteiger partial charge in [0.25, 0.3) is 5.91 Å². The fourth-order valence-electron chi connectivity index (χ4n) is 2.28. The highest BCUT2D eigenvalue weighted by Gasteiger charge is 2.18. The number of nitrogens with one attached hydrogen (secondary N) is 1. The van der Waals surface area contributed by atoms with E-state index in [9.17, 15) is 4.79 Å². The van der Waals surface area contributed by atoms with Gasteiger partial charge in [0.1, 0.15) is 11.5 Å². The summed E-state index contributed by atoms with van der Waals surface area (Å²) in [6.45, 7) is 0. The topological polar surface area (TPSA) is 59.5 Å². The van der Waals surface area contributed by atoms with Crippen LogP contribution in [0, 0.1) is 0 Å². The van der Waals surface area contributed by atoms with E-state index in [1.54, 1.807) is 12.1 Å². The van der Waals surface area contributed by atoms with Crippen molar-refractivity contribution in [1.82, 2.24) is 9.38 Å². The Kier molecular flexibility index (Phi) is 3.01. The van der Waals surface area contributed by atoms with Crippen molar-refractivity contribution >= 4 is 28.0 Å². The second-order valence-corrected chi connectivity index (χ2v) is 5.54. The zero-order chi connectivity index (χ0) is 14.9. The van der Waals surface area contributed by atoms with Gasteiger partial charge in [-0.3, -0.25) is 9.20 Å². The summed E-state index contributed by atoms with van der Waals surface area (Å²) in [5.41, 5.74) is 1.69. The lowest BCUT2D eigenvalue weighted by molar-refractivity contribution is 0.0996. The van der Waals surface area contributed by atoms with E-state index in [0.717, 1.165) is 16.2 Å². The molecule has 0 fully saturated rings. The van der Waals surface area contributed by atoms with Gasteiger partial charge in [-0.05, 0) is 12.1 Å². The molecule has 0 saturated heterocycles. The number of amides is 1. The molecule has 0 unspecified atom stereocenters. The number of carbonyl (C=O) groups excluding carboxylic acids is 1. The van der Waals surface area contributed by atoms with E-state index >= 15 is 0 Å². The molecule has 1 N–H and O–H groups in total. The molecule has 6 heteroatoms.